The first kappa shape index (κ1) is 17.9. The Labute approximate surface area is 150 Å². The Morgan fingerprint density at radius 3 is 2.56 bits per heavy atom. The molecule has 3 atom stereocenters. The van der Waals surface area contributed by atoms with Gasteiger partial charge in [0.15, 0.2) is 0 Å². The van der Waals surface area contributed by atoms with Crippen LogP contribution in [0.1, 0.15) is 56.3 Å². The molecule has 2 aliphatic rings. The van der Waals surface area contributed by atoms with Crippen LogP contribution in [0.4, 0.5) is 0 Å². The van der Waals surface area contributed by atoms with Crippen LogP contribution in [0.3, 0.4) is 0 Å². The molecular formula is C20H29N3O2. The van der Waals surface area contributed by atoms with Gasteiger partial charge in [-0.3, -0.25) is 9.59 Å². The summed E-state index contributed by atoms with van der Waals surface area (Å²) in [6, 6.07) is 9.10. The number of nitrogens with one attached hydrogen (secondary N) is 1. The van der Waals surface area contributed by atoms with Crippen molar-refractivity contribution in [2.45, 2.75) is 63.6 Å². The van der Waals surface area contributed by atoms with Crippen molar-refractivity contribution < 1.29 is 9.59 Å². The van der Waals surface area contributed by atoms with Crippen molar-refractivity contribution in [1.29, 1.82) is 0 Å². The summed E-state index contributed by atoms with van der Waals surface area (Å²) in [4.78, 5) is 27.8. The number of nitrogens with zero attached hydrogens (tertiary/aromatic N) is 1. The van der Waals surface area contributed by atoms with E-state index in [0.717, 1.165) is 25.7 Å². The first-order valence-corrected chi connectivity index (χ1v) is 9.31. The molecule has 0 bridgehead atoms. The van der Waals surface area contributed by atoms with Crippen LogP contribution in [0, 0.1) is 5.92 Å². The van der Waals surface area contributed by atoms with E-state index in [4.69, 9.17) is 5.73 Å². The van der Waals surface area contributed by atoms with Gasteiger partial charge < -0.3 is 16.0 Å². The molecule has 1 saturated carbocycles. The van der Waals surface area contributed by atoms with Crippen molar-refractivity contribution in [2.75, 3.05) is 6.54 Å². The minimum Gasteiger partial charge on any atom is -0.352 e. The number of carbonyl (C=O) groups is 2. The molecule has 1 aliphatic carbocycles. The van der Waals surface area contributed by atoms with Crippen LogP contribution in [-0.4, -0.2) is 40.9 Å². The Bertz CT molecular complexity index is 624. The van der Waals surface area contributed by atoms with Gasteiger partial charge in [0.25, 0.3) is 5.91 Å². The molecular weight excluding hydrogens is 314 g/mol. The number of likely N-dealkylation sites (tertiary alicyclic amines) is 1. The lowest BCUT2D eigenvalue weighted by Gasteiger charge is -2.34. The molecule has 3 unspecified atom stereocenters. The number of rotatable bonds is 4. The van der Waals surface area contributed by atoms with E-state index in [9.17, 15) is 9.59 Å². The Balaban J connectivity index is 1.82. The van der Waals surface area contributed by atoms with Gasteiger partial charge in [0, 0.05) is 23.7 Å². The number of carbonyl (C=O) groups excluding carboxylic acids is 2. The van der Waals surface area contributed by atoms with Crippen LogP contribution >= 0.6 is 0 Å². The zero-order valence-electron chi connectivity index (χ0n) is 15.2. The second-order valence-electron chi connectivity index (χ2n) is 8.15. The van der Waals surface area contributed by atoms with Gasteiger partial charge in [-0.2, -0.15) is 0 Å². The summed E-state index contributed by atoms with van der Waals surface area (Å²) in [6.07, 6.45) is 5.19. The monoisotopic (exact) mass is 343 g/mol. The third kappa shape index (κ3) is 4.03. The number of fused-ring (bicyclic) bond motifs is 1. The Hall–Kier alpha value is -1.88. The molecule has 1 saturated heterocycles. The minimum absolute atomic E-state index is 0.0258. The number of hydrogen-bond donors (Lipinski definition) is 2. The van der Waals surface area contributed by atoms with Crippen LogP contribution in [0.25, 0.3) is 0 Å². The Morgan fingerprint density at radius 2 is 1.88 bits per heavy atom. The van der Waals surface area contributed by atoms with Crippen molar-refractivity contribution in [3.63, 3.8) is 0 Å². The molecule has 1 aromatic rings. The molecule has 25 heavy (non-hydrogen) atoms. The minimum atomic E-state index is -0.463. The smallest absolute Gasteiger partial charge is 0.254 e. The van der Waals surface area contributed by atoms with Gasteiger partial charge in [0.2, 0.25) is 5.91 Å². The van der Waals surface area contributed by atoms with Crippen LogP contribution in [0.15, 0.2) is 30.3 Å². The van der Waals surface area contributed by atoms with E-state index >= 15 is 0 Å². The van der Waals surface area contributed by atoms with Gasteiger partial charge in [-0.25, -0.2) is 0 Å². The molecule has 2 amide bonds. The zero-order valence-corrected chi connectivity index (χ0v) is 15.2. The highest BCUT2D eigenvalue weighted by Gasteiger charge is 2.47. The van der Waals surface area contributed by atoms with Crippen molar-refractivity contribution in [3.8, 4) is 0 Å². The molecule has 1 heterocycles. The predicted molar refractivity (Wildman–Crippen MR) is 98.0 cm³/mol. The molecule has 1 aromatic carbocycles. The van der Waals surface area contributed by atoms with Gasteiger partial charge in [0.1, 0.15) is 6.04 Å². The third-order valence-corrected chi connectivity index (χ3v) is 5.36. The highest BCUT2D eigenvalue weighted by Crippen LogP contribution is 2.40. The van der Waals surface area contributed by atoms with Gasteiger partial charge in [0.05, 0.1) is 0 Å². The van der Waals surface area contributed by atoms with E-state index in [0.29, 0.717) is 18.0 Å². The van der Waals surface area contributed by atoms with E-state index in [2.05, 4.69) is 5.32 Å². The van der Waals surface area contributed by atoms with Gasteiger partial charge in [-0.15, -0.1) is 0 Å². The number of nitrogens with two attached hydrogens (primary N) is 1. The van der Waals surface area contributed by atoms with Gasteiger partial charge >= 0.3 is 0 Å². The van der Waals surface area contributed by atoms with Gasteiger partial charge in [-0.05, 0) is 51.2 Å². The summed E-state index contributed by atoms with van der Waals surface area (Å²) in [5, 5.41) is 2.95. The highest BCUT2D eigenvalue weighted by molar-refractivity contribution is 5.98. The van der Waals surface area contributed by atoms with Crippen molar-refractivity contribution >= 4 is 11.8 Å². The maximum atomic E-state index is 13.1. The van der Waals surface area contributed by atoms with Crippen molar-refractivity contribution in [1.82, 2.24) is 10.2 Å². The van der Waals surface area contributed by atoms with E-state index in [1.54, 1.807) is 0 Å². The summed E-state index contributed by atoms with van der Waals surface area (Å²) >= 11 is 0. The first-order valence-electron chi connectivity index (χ1n) is 9.31. The third-order valence-electron chi connectivity index (χ3n) is 5.36. The van der Waals surface area contributed by atoms with Crippen LogP contribution in [-0.2, 0) is 4.79 Å². The first-order chi connectivity index (χ1) is 11.9. The van der Waals surface area contributed by atoms with Gasteiger partial charge in [-0.1, -0.05) is 31.0 Å². The number of amides is 2. The Kier molecular flexibility index (Phi) is 5.13. The van der Waals surface area contributed by atoms with Crippen LogP contribution in [0.5, 0.6) is 0 Å². The largest absolute Gasteiger partial charge is 0.352 e. The lowest BCUT2D eigenvalue weighted by atomic mass is 9.84. The van der Waals surface area contributed by atoms with Crippen molar-refractivity contribution in [3.05, 3.63) is 35.9 Å². The molecule has 0 aromatic heterocycles. The fourth-order valence-corrected chi connectivity index (χ4v) is 4.15. The molecule has 5 heteroatoms. The van der Waals surface area contributed by atoms with Crippen LogP contribution in [0.2, 0.25) is 0 Å². The highest BCUT2D eigenvalue weighted by atomic mass is 16.2. The quantitative estimate of drug-likeness (QED) is 0.881. The van der Waals surface area contributed by atoms with E-state index < -0.39 is 5.54 Å². The fourth-order valence-electron chi connectivity index (χ4n) is 4.15. The van der Waals surface area contributed by atoms with E-state index in [1.807, 2.05) is 49.1 Å². The average Bonchev–Trinajstić information content (AvgIpc) is 2.98. The SMILES string of the molecule is CC(C)(N)CNC(=O)C1CC2CCCCC2N1C(=O)c1ccccc1. The fraction of sp³-hybridized carbons (Fsp3) is 0.600. The lowest BCUT2D eigenvalue weighted by Crippen LogP contribution is -2.53. The summed E-state index contributed by atoms with van der Waals surface area (Å²) < 4.78 is 0. The zero-order chi connectivity index (χ0) is 18.0. The number of hydrogen-bond acceptors (Lipinski definition) is 3. The van der Waals surface area contributed by atoms with E-state index in [1.165, 1.54) is 6.42 Å². The molecule has 5 nitrogen and oxygen atoms in total. The predicted octanol–water partition coefficient (Wildman–Crippen LogP) is 2.31. The second-order valence-corrected chi connectivity index (χ2v) is 8.15. The van der Waals surface area contributed by atoms with Crippen LogP contribution < -0.4 is 11.1 Å². The normalized spacial score (nSPS) is 26.2. The summed E-state index contributed by atoms with van der Waals surface area (Å²) in [5.74, 6) is 0.336. The average molecular weight is 343 g/mol. The maximum Gasteiger partial charge on any atom is 0.254 e. The van der Waals surface area contributed by atoms with E-state index in [-0.39, 0.29) is 23.9 Å². The standard InChI is InChI=1S/C20H29N3O2/c1-20(2,21)13-22-18(24)17-12-15-10-6-7-11-16(15)23(17)19(25)14-8-4-3-5-9-14/h3-5,8-9,15-17H,6-7,10-13,21H2,1-2H3,(H,22,24). The molecule has 2 fully saturated rings. The second kappa shape index (κ2) is 7.16. The molecule has 0 radical (unpaired) electrons. The number of benzene rings is 1. The molecule has 3 N–H and O–H groups in total. The summed E-state index contributed by atoms with van der Waals surface area (Å²) in [7, 11) is 0. The lowest BCUT2D eigenvalue weighted by molar-refractivity contribution is -0.125. The Morgan fingerprint density at radius 1 is 1.20 bits per heavy atom. The molecule has 136 valence electrons. The topological polar surface area (TPSA) is 75.4 Å². The maximum absolute atomic E-state index is 13.1. The molecule has 0 spiro atoms. The van der Waals surface area contributed by atoms with Crippen molar-refractivity contribution in [2.24, 2.45) is 11.7 Å². The molecule has 3 rings (SSSR count). The molecule has 1 aliphatic heterocycles. The summed E-state index contributed by atoms with van der Waals surface area (Å²) in [6.45, 7) is 4.17. The summed E-state index contributed by atoms with van der Waals surface area (Å²) in [5.41, 5.74) is 6.18.